The van der Waals surface area contributed by atoms with E-state index in [2.05, 4.69) is 36.6 Å². The SMILES string of the molecule is CC(C)(CNC(=O)CNc1ccccc1)c1ccccc1. The van der Waals surface area contributed by atoms with E-state index < -0.39 is 0 Å². The van der Waals surface area contributed by atoms with Crippen molar-refractivity contribution in [2.24, 2.45) is 0 Å². The fraction of sp³-hybridized carbons (Fsp3) is 0.278. The summed E-state index contributed by atoms with van der Waals surface area (Å²) < 4.78 is 0. The summed E-state index contributed by atoms with van der Waals surface area (Å²) in [6.07, 6.45) is 0. The molecule has 3 heteroatoms. The molecule has 2 rings (SSSR count). The lowest BCUT2D eigenvalue weighted by Gasteiger charge is -2.25. The predicted octanol–water partition coefficient (Wildman–Crippen LogP) is 3.19. The van der Waals surface area contributed by atoms with Crippen LogP contribution in [0.25, 0.3) is 0 Å². The van der Waals surface area contributed by atoms with Crippen LogP contribution in [-0.4, -0.2) is 19.0 Å². The number of nitrogens with one attached hydrogen (secondary N) is 2. The van der Waals surface area contributed by atoms with Crippen LogP contribution >= 0.6 is 0 Å². The Morgan fingerprint density at radius 1 is 0.952 bits per heavy atom. The molecule has 0 atom stereocenters. The number of amides is 1. The maximum absolute atomic E-state index is 11.9. The standard InChI is InChI=1S/C18H22N2O/c1-18(2,15-9-5-3-6-10-15)14-20-17(21)13-19-16-11-7-4-8-12-16/h3-12,19H,13-14H2,1-2H3,(H,20,21). The minimum Gasteiger partial charge on any atom is -0.376 e. The first-order valence-electron chi connectivity index (χ1n) is 7.19. The summed E-state index contributed by atoms with van der Waals surface area (Å²) >= 11 is 0. The highest BCUT2D eigenvalue weighted by atomic mass is 16.1. The van der Waals surface area contributed by atoms with Crippen molar-refractivity contribution in [3.05, 3.63) is 66.2 Å². The number of benzene rings is 2. The molecule has 0 heterocycles. The number of rotatable bonds is 6. The lowest BCUT2D eigenvalue weighted by molar-refractivity contribution is -0.119. The minimum atomic E-state index is -0.0797. The normalized spacial score (nSPS) is 11.0. The molecular weight excluding hydrogens is 260 g/mol. The van der Waals surface area contributed by atoms with E-state index >= 15 is 0 Å². The summed E-state index contributed by atoms with van der Waals surface area (Å²) in [5, 5.41) is 6.10. The Labute approximate surface area is 126 Å². The van der Waals surface area contributed by atoms with Gasteiger partial charge in [-0.1, -0.05) is 62.4 Å². The van der Waals surface area contributed by atoms with Crippen LogP contribution in [0.2, 0.25) is 0 Å². The summed E-state index contributed by atoms with van der Waals surface area (Å²) in [6.45, 7) is 5.17. The number of carbonyl (C=O) groups excluding carboxylic acids is 1. The molecule has 0 unspecified atom stereocenters. The molecule has 0 spiro atoms. The van der Waals surface area contributed by atoms with Crippen LogP contribution in [0.4, 0.5) is 5.69 Å². The Morgan fingerprint density at radius 3 is 2.14 bits per heavy atom. The van der Waals surface area contributed by atoms with E-state index in [9.17, 15) is 4.79 Å². The molecule has 0 fully saturated rings. The Bertz CT molecular complexity index is 564. The minimum absolute atomic E-state index is 0.00265. The number of hydrogen-bond donors (Lipinski definition) is 2. The summed E-state index contributed by atoms with van der Waals surface area (Å²) in [4.78, 5) is 11.9. The van der Waals surface area contributed by atoms with Gasteiger partial charge < -0.3 is 10.6 Å². The summed E-state index contributed by atoms with van der Waals surface area (Å²) in [6, 6.07) is 20.0. The largest absolute Gasteiger partial charge is 0.376 e. The molecule has 0 aliphatic carbocycles. The van der Waals surface area contributed by atoms with Gasteiger partial charge in [0.05, 0.1) is 6.54 Å². The second-order valence-electron chi connectivity index (χ2n) is 5.75. The van der Waals surface area contributed by atoms with Gasteiger partial charge in [0.15, 0.2) is 0 Å². The average Bonchev–Trinajstić information content (AvgIpc) is 2.53. The highest BCUT2D eigenvalue weighted by Gasteiger charge is 2.20. The van der Waals surface area contributed by atoms with Crippen molar-refractivity contribution in [1.29, 1.82) is 0 Å². The first-order chi connectivity index (χ1) is 10.1. The molecule has 0 saturated carbocycles. The van der Waals surface area contributed by atoms with Gasteiger partial charge in [0.2, 0.25) is 5.91 Å². The van der Waals surface area contributed by atoms with Crippen LogP contribution in [0.5, 0.6) is 0 Å². The van der Waals surface area contributed by atoms with Crippen molar-refractivity contribution in [3.8, 4) is 0 Å². The Kier molecular flexibility index (Phi) is 4.99. The highest BCUT2D eigenvalue weighted by Crippen LogP contribution is 2.21. The summed E-state index contributed by atoms with van der Waals surface area (Å²) in [5.41, 5.74) is 2.10. The van der Waals surface area contributed by atoms with Crippen LogP contribution in [0.15, 0.2) is 60.7 Å². The van der Waals surface area contributed by atoms with Crippen LogP contribution in [0.3, 0.4) is 0 Å². The number of hydrogen-bond acceptors (Lipinski definition) is 2. The monoisotopic (exact) mass is 282 g/mol. The van der Waals surface area contributed by atoms with E-state index in [-0.39, 0.29) is 17.9 Å². The van der Waals surface area contributed by atoms with Crippen LogP contribution < -0.4 is 10.6 Å². The summed E-state index contributed by atoms with van der Waals surface area (Å²) in [7, 11) is 0. The zero-order chi connectivity index (χ0) is 15.1. The van der Waals surface area contributed by atoms with Gasteiger partial charge in [-0.2, -0.15) is 0 Å². The molecule has 0 aliphatic rings. The zero-order valence-corrected chi connectivity index (χ0v) is 12.6. The van der Waals surface area contributed by atoms with Crippen LogP contribution in [0, 0.1) is 0 Å². The predicted molar refractivity (Wildman–Crippen MR) is 87.4 cm³/mol. The molecule has 0 radical (unpaired) electrons. The lowest BCUT2D eigenvalue weighted by Crippen LogP contribution is -2.39. The van der Waals surface area contributed by atoms with Gasteiger partial charge in [0, 0.05) is 17.6 Å². The van der Waals surface area contributed by atoms with Crippen molar-refractivity contribution >= 4 is 11.6 Å². The Balaban J connectivity index is 1.81. The third-order valence-electron chi connectivity index (χ3n) is 3.51. The molecule has 1 amide bonds. The molecule has 2 N–H and O–H groups in total. The maximum atomic E-state index is 11.9. The van der Waals surface area contributed by atoms with E-state index in [0.29, 0.717) is 6.54 Å². The van der Waals surface area contributed by atoms with Crippen molar-refractivity contribution in [1.82, 2.24) is 5.32 Å². The molecular formula is C18H22N2O. The van der Waals surface area contributed by atoms with E-state index in [0.717, 1.165) is 5.69 Å². The van der Waals surface area contributed by atoms with E-state index in [1.165, 1.54) is 5.56 Å². The molecule has 2 aromatic carbocycles. The van der Waals surface area contributed by atoms with Gasteiger partial charge in [0.25, 0.3) is 0 Å². The molecule has 0 aromatic heterocycles. The fourth-order valence-corrected chi connectivity index (χ4v) is 2.11. The average molecular weight is 282 g/mol. The summed E-state index contributed by atoms with van der Waals surface area (Å²) in [5.74, 6) is 0.00265. The molecule has 0 bridgehead atoms. The van der Waals surface area contributed by atoms with Gasteiger partial charge in [-0.05, 0) is 17.7 Å². The quantitative estimate of drug-likeness (QED) is 0.854. The lowest BCUT2D eigenvalue weighted by atomic mass is 9.84. The third-order valence-corrected chi connectivity index (χ3v) is 3.51. The topological polar surface area (TPSA) is 41.1 Å². The smallest absolute Gasteiger partial charge is 0.239 e. The molecule has 3 nitrogen and oxygen atoms in total. The first kappa shape index (κ1) is 15.1. The zero-order valence-electron chi connectivity index (χ0n) is 12.6. The number of carbonyl (C=O) groups is 1. The van der Waals surface area contributed by atoms with E-state index in [4.69, 9.17) is 0 Å². The molecule has 110 valence electrons. The van der Waals surface area contributed by atoms with E-state index in [1.54, 1.807) is 0 Å². The third kappa shape index (κ3) is 4.63. The molecule has 0 aliphatic heterocycles. The van der Waals surface area contributed by atoms with Gasteiger partial charge in [-0.15, -0.1) is 0 Å². The fourth-order valence-electron chi connectivity index (χ4n) is 2.11. The first-order valence-corrected chi connectivity index (χ1v) is 7.19. The Morgan fingerprint density at radius 2 is 1.52 bits per heavy atom. The number of anilines is 1. The van der Waals surface area contributed by atoms with Crippen molar-refractivity contribution < 1.29 is 4.79 Å². The Hall–Kier alpha value is -2.29. The van der Waals surface area contributed by atoms with Crippen LogP contribution in [-0.2, 0) is 10.2 Å². The second-order valence-corrected chi connectivity index (χ2v) is 5.75. The van der Waals surface area contributed by atoms with Crippen molar-refractivity contribution in [2.75, 3.05) is 18.4 Å². The molecule has 21 heavy (non-hydrogen) atoms. The van der Waals surface area contributed by atoms with Gasteiger partial charge in [0.1, 0.15) is 0 Å². The van der Waals surface area contributed by atoms with Gasteiger partial charge in [-0.3, -0.25) is 4.79 Å². The van der Waals surface area contributed by atoms with Crippen molar-refractivity contribution in [2.45, 2.75) is 19.3 Å². The molecule has 0 saturated heterocycles. The van der Waals surface area contributed by atoms with Gasteiger partial charge in [-0.25, -0.2) is 0 Å². The van der Waals surface area contributed by atoms with E-state index in [1.807, 2.05) is 48.5 Å². The highest BCUT2D eigenvalue weighted by molar-refractivity contribution is 5.80. The van der Waals surface area contributed by atoms with Crippen LogP contribution in [0.1, 0.15) is 19.4 Å². The van der Waals surface area contributed by atoms with Gasteiger partial charge >= 0.3 is 0 Å². The second kappa shape index (κ2) is 6.93. The maximum Gasteiger partial charge on any atom is 0.239 e. The van der Waals surface area contributed by atoms with Crippen molar-refractivity contribution in [3.63, 3.8) is 0 Å². The number of para-hydroxylation sites is 1. The molecule has 2 aromatic rings.